The lowest BCUT2D eigenvalue weighted by molar-refractivity contribution is -0.122. The average Bonchev–Trinajstić information content (AvgIpc) is 3.26. The fourth-order valence-electron chi connectivity index (χ4n) is 4.39. The van der Waals surface area contributed by atoms with Crippen LogP contribution in [0, 0.1) is 0 Å². The molecule has 0 aliphatic carbocycles. The van der Waals surface area contributed by atoms with Gasteiger partial charge in [-0.2, -0.15) is 0 Å². The highest BCUT2D eigenvalue weighted by Crippen LogP contribution is 2.36. The lowest BCUT2D eigenvalue weighted by atomic mass is 10.1. The lowest BCUT2D eigenvalue weighted by Crippen LogP contribution is -2.28. The molecule has 0 atom stereocenters. The van der Waals surface area contributed by atoms with E-state index < -0.39 is 5.97 Å². The van der Waals surface area contributed by atoms with Crippen molar-refractivity contribution >= 4 is 51.3 Å². The number of carbonyl (C=O) groups is 2. The fraction of sp³-hybridized carbons (Fsp3) is 0.156. The number of thioether (sulfide) groups is 1. The van der Waals surface area contributed by atoms with Gasteiger partial charge in [-0.05, 0) is 90.0 Å². The van der Waals surface area contributed by atoms with Crippen molar-refractivity contribution < 1.29 is 24.2 Å². The lowest BCUT2D eigenvalue weighted by Gasteiger charge is -2.14. The third kappa shape index (κ3) is 5.87. The summed E-state index contributed by atoms with van der Waals surface area (Å²) in [5, 5.41) is 12.0. The van der Waals surface area contributed by atoms with Gasteiger partial charge in [-0.15, -0.1) is 0 Å². The number of amidine groups is 1. The molecule has 1 aliphatic rings. The molecule has 1 aliphatic heterocycles. The average molecular weight is 553 g/mol. The number of ether oxygens (including phenoxy) is 2. The summed E-state index contributed by atoms with van der Waals surface area (Å²) < 4.78 is 12.1. The Balaban J connectivity index is 1.37. The minimum atomic E-state index is -0.999. The Labute approximate surface area is 236 Å². The number of aromatic carboxylic acids is 1. The number of fused-ring (bicyclic) bond motifs is 1. The first-order valence-electron chi connectivity index (χ1n) is 13.0. The Bertz CT molecular complexity index is 1620. The maximum atomic E-state index is 13.2. The van der Waals surface area contributed by atoms with Gasteiger partial charge in [0.15, 0.2) is 16.7 Å². The maximum Gasteiger partial charge on any atom is 0.335 e. The van der Waals surface area contributed by atoms with E-state index in [0.717, 1.165) is 21.9 Å². The molecule has 7 nitrogen and oxygen atoms in total. The van der Waals surface area contributed by atoms with Crippen LogP contribution in [0.25, 0.3) is 16.8 Å². The highest BCUT2D eigenvalue weighted by Gasteiger charge is 2.32. The molecular weight excluding hydrogens is 524 g/mol. The number of hydrogen-bond donors (Lipinski definition) is 1. The summed E-state index contributed by atoms with van der Waals surface area (Å²) in [7, 11) is 0. The van der Waals surface area contributed by atoms with E-state index in [9.17, 15) is 9.59 Å². The number of carboxylic acid groups (broad SMARTS) is 1. The van der Waals surface area contributed by atoms with Gasteiger partial charge >= 0.3 is 5.97 Å². The number of rotatable bonds is 9. The number of aliphatic imine (C=N–C) groups is 1. The Morgan fingerprint density at radius 3 is 2.48 bits per heavy atom. The van der Waals surface area contributed by atoms with Gasteiger partial charge in [-0.3, -0.25) is 9.69 Å². The van der Waals surface area contributed by atoms with Gasteiger partial charge in [0.2, 0.25) is 0 Å². The number of carboxylic acids is 1. The van der Waals surface area contributed by atoms with Crippen molar-refractivity contribution in [2.75, 3.05) is 13.2 Å². The second-order valence-electron chi connectivity index (χ2n) is 8.97. The van der Waals surface area contributed by atoms with E-state index in [4.69, 9.17) is 14.6 Å². The normalized spacial score (nSPS) is 15.2. The standard InChI is InChI=1S/C32H28N2O5S/c1-3-34-30(35)29(40-32(34)33-25-15-13-23(14-16-25)31(36)37)19-21-12-17-27(28(18-21)38-4-2)39-20-24-10-7-9-22-8-5-6-11-26(22)24/h5-19H,3-4,20H2,1-2H3,(H,36,37)/b29-19-,33-32?. The zero-order valence-corrected chi connectivity index (χ0v) is 23.0. The van der Waals surface area contributed by atoms with Crippen molar-refractivity contribution in [3.63, 3.8) is 0 Å². The molecule has 1 fully saturated rings. The van der Waals surface area contributed by atoms with Crippen molar-refractivity contribution in [1.29, 1.82) is 0 Å². The maximum absolute atomic E-state index is 13.2. The van der Waals surface area contributed by atoms with Crippen LogP contribution in [-0.2, 0) is 11.4 Å². The third-order valence-electron chi connectivity index (χ3n) is 6.37. The Morgan fingerprint density at radius 2 is 1.73 bits per heavy atom. The van der Waals surface area contributed by atoms with E-state index in [1.807, 2.05) is 56.3 Å². The molecule has 1 heterocycles. The zero-order valence-electron chi connectivity index (χ0n) is 22.2. The predicted octanol–water partition coefficient (Wildman–Crippen LogP) is 7.14. The molecule has 202 valence electrons. The number of amides is 1. The van der Waals surface area contributed by atoms with Gasteiger partial charge in [-0.1, -0.05) is 48.5 Å². The van der Waals surface area contributed by atoms with Gasteiger partial charge in [0.25, 0.3) is 5.91 Å². The number of benzene rings is 4. The predicted molar refractivity (Wildman–Crippen MR) is 159 cm³/mol. The minimum Gasteiger partial charge on any atom is -0.490 e. The molecular formula is C32H28N2O5S. The number of nitrogens with zero attached hydrogens (tertiary/aromatic N) is 2. The summed E-state index contributed by atoms with van der Waals surface area (Å²) in [5.74, 6) is 0.0981. The summed E-state index contributed by atoms with van der Waals surface area (Å²) in [6.45, 7) is 5.13. The Morgan fingerprint density at radius 1 is 0.950 bits per heavy atom. The highest BCUT2D eigenvalue weighted by molar-refractivity contribution is 8.18. The molecule has 4 aromatic rings. The first-order chi connectivity index (χ1) is 19.5. The largest absolute Gasteiger partial charge is 0.490 e. The Hall–Kier alpha value is -4.56. The fourth-order valence-corrected chi connectivity index (χ4v) is 5.45. The van der Waals surface area contributed by atoms with Gasteiger partial charge in [0.1, 0.15) is 6.61 Å². The molecule has 5 rings (SSSR count). The van der Waals surface area contributed by atoms with Gasteiger partial charge in [0.05, 0.1) is 22.8 Å². The molecule has 1 amide bonds. The molecule has 0 saturated carbocycles. The van der Waals surface area contributed by atoms with Gasteiger partial charge < -0.3 is 14.6 Å². The second-order valence-corrected chi connectivity index (χ2v) is 9.98. The molecule has 1 saturated heterocycles. The molecule has 0 unspecified atom stereocenters. The van der Waals surface area contributed by atoms with Crippen LogP contribution in [0.4, 0.5) is 5.69 Å². The van der Waals surface area contributed by atoms with Crippen molar-refractivity contribution in [3.05, 3.63) is 107 Å². The SMILES string of the molecule is CCOc1cc(/C=C2\SC(=Nc3ccc(C(=O)O)cc3)N(CC)C2=O)ccc1OCc1cccc2ccccc12. The van der Waals surface area contributed by atoms with E-state index in [0.29, 0.717) is 47.0 Å². The number of likely N-dealkylation sites (N-methyl/N-ethyl adjacent to an activating group) is 1. The zero-order chi connectivity index (χ0) is 28.1. The quantitative estimate of drug-likeness (QED) is 0.222. The number of carbonyl (C=O) groups excluding carboxylic acids is 1. The van der Waals surface area contributed by atoms with E-state index in [-0.39, 0.29) is 11.5 Å². The van der Waals surface area contributed by atoms with Crippen molar-refractivity contribution in [2.45, 2.75) is 20.5 Å². The molecule has 0 bridgehead atoms. The van der Waals surface area contributed by atoms with Crippen LogP contribution in [0.3, 0.4) is 0 Å². The van der Waals surface area contributed by atoms with E-state index >= 15 is 0 Å². The van der Waals surface area contributed by atoms with Crippen molar-refractivity contribution in [1.82, 2.24) is 4.90 Å². The molecule has 1 N–H and O–H groups in total. The summed E-state index contributed by atoms with van der Waals surface area (Å²) in [6, 6.07) is 26.3. The van der Waals surface area contributed by atoms with Gasteiger partial charge in [-0.25, -0.2) is 9.79 Å². The molecule has 0 aromatic heterocycles. The molecule has 4 aromatic carbocycles. The van der Waals surface area contributed by atoms with Crippen LogP contribution < -0.4 is 9.47 Å². The summed E-state index contributed by atoms with van der Waals surface area (Å²) in [6.07, 6.45) is 1.82. The summed E-state index contributed by atoms with van der Waals surface area (Å²) >= 11 is 1.28. The summed E-state index contributed by atoms with van der Waals surface area (Å²) in [4.78, 5) is 31.0. The number of hydrogen-bond acceptors (Lipinski definition) is 6. The van der Waals surface area contributed by atoms with E-state index in [1.54, 1.807) is 17.0 Å². The van der Waals surface area contributed by atoms with E-state index in [2.05, 4.69) is 29.3 Å². The van der Waals surface area contributed by atoms with Crippen LogP contribution >= 0.6 is 11.8 Å². The van der Waals surface area contributed by atoms with Crippen molar-refractivity contribution in [3.8, 4) is 11.5 Å². The monoisotopic (exact) mass is 552 g/mol. The molecule has 0 spiro atoms. The van der Waals surface area contributed by atoms with Gasteiger partial charge in [0, 0.05) is 6.54 Å². The Kier molecular flexibility index (Phi) is 8.17. The summed E-state index contributed by atoms with van der Waals surface area (Å²) in [5.41, 5.74) is 2.65. The topological polar surface area (TPSA) is 88.4 Å². The first kappa shape index (κ1) is 27.0. The molecule has 40 heavy (non-hydrogen) atoms. The second kappa shape index (κ2) is 12.1. The minimum absolute atomic E-state index is 0.136. The molecule has 0 radical (unpaired) electrons. The van der Waals surface area contributed by atoms with Crippen LogP contribution in [-0.4, -0.2) is 40.2 Å². The third-order valence-corrected chi connectivity index (χ3v) is 7.38. The highest BCUT2D eigenvalue weighted by atomic mass is 32.2. The van der Waals surface area contributed by atoms with E-state index in [1.165, 1.54) is 23.9 Å². The first-order valence-corrected chi connectivity index (χ1v) is 13.8. The van der Waals surface area contributed by atoms with Crippen LogP contribution in [0.15, 0.2) is 94.8 Å². The molecule has 8 heteroatoms. The van der Waals surface area contributed by atoms with Crippen LogP contribution in [0.2, 0.25) is 0 Å². The van der Waals surface area contributed by atoms with Crippen molar-refractivity contribution in [2.24, 2.45) is 4.99 Å². The smallest absolute Gasteiger partial charge is 0.335 e. The van der Waals surface area contributed by atoms with Crippen LogP contribution in [0.5, 0.6) is 11.5 Å². The van der Waals surface area contributed by atoms with Crippen LogP contribution in [0.1, 0.15) is 35.3 Å².